The first-order valence-electron chi connectivity index (χ1n) is 9.38. The van der Waals surface area contributed by atoms with Crippen LogP contribution >= 0.6 is 0 Å². The summed E-state index contributed by atoms with van der Waals surface area (Å²) in [5.41, 5.74) is 1.20. The maximum Gasteiger partial charge on any atom is 0.223 e. The summed E-state index contributed by atoms with van der Waals surface area (Å²) in [5.74, 6) is 2.69. The van der Waals surface area contributed by atoms with E-state index in [4.69, 9.17) is 9.47 Å². The average molecular weight is 346 g/mol. The molecule has 0 radical (unpaired) electrons. The van der Waals surface area contributed by atoms with Crippen molar-refractivity contribution < 1.29 is 14.3 Å². The van der Waals surface area contributed by atoms with Gasteiger partial charge in [0.15, 0.2) is 11.5 Å². The molecule has 1 aliphatic heterocycles. The first-order chi connectivity index (χ1) is 12.2. The minimum absolute atomic E-state index is 0.288. The van der Waals surface area contributed by atoms with E-state index in [0.29, 0.717) is 18.2 Å². The van der Waals surface area contributed by atoms with Gasteiger partial charge in [-0.25, -0.2) is 0 Å². The predicted molar refractivity (Wildman–Crippen MR) is 98.3 cm³/mol. The molecule has 3 rings (SSSR count). The summed E-state index contributed by atoms with van der Waals surface area (Å²) >= 11 is 0. The zero-order valence-electron chi connectivity index (χ0n) is 15.7. The number of carbonyl (C=O) groups excluding carboxylic acids is 1. The first-order valence-corrected chi connectivity index (χ1v) is 9.38. The van der Waals surface area contributed by atoms with Crippen molar-refractivity contribution in [3.63, 3.8) is 0 Å². The van der Waals surface area contributed by atoms with Crippen LogP contribution in [0.3, 0.4) is 0 Å². The number of hydrogen-bond acceptors (Lipinski definition) is 4. The van der Waals surface area contributed by atoms with E-state index in [-0.39, 0.29) is 5.92 Å². The summed E-state index contributed by atoms with van der Waals surface area (Å²) in [6.07, 6.45) is 3.04. The maximum absolute atomic E-state index is 12.8. The molecule has 0 aromatic heterocycles. The van der Waals surface area contributed by atoms with Gasteiger partial charge < -0.3 is 19.3 Å². The van der Waals surface area contributed by atoms with Gasteiger partial charge in [0.05, 0.1) is 14.2 Å². The Bertz CT molecular complexity index is 593. The van der Waals surface area contributed by atoms with E-state index in [2.05, 4.69) is 17.9 Å². The molecule has 1 saturated heterocycles. The summed E-state index contributed by atoms with van der Waals surface area (Å²) < 4.78 is 10.8. The molecule has 1 aliphatic carbocycles. The Balaban J connectivity index is 1.69. The monoisotopic (exact) mass is 346 g/mol. The van der Waals surface area contributed by atoms with Gasteiger partial charge in [0.1, 0.15) is 0 Å². The largest absolute Gasteiger partial charge is 0.493 e. The van der Waals surface area contributed by atoms with E-state index in [0.717, 1.165) is 44.2 Å². The molecule has 1 heterocycles. The topological polar surface area (TPSA) is 42.0 Å². The summed E-state index contributed by atoms with van der Waals surface area (Å²) in [4.78, 5) is 17.3. The fourth-order valence-corrected chi connectivity index (χ4v) is 3.77. The molecular weight excluding hydrogens is 316 g/mol. The van der Waals surface area contributed by atoms with E-state index < -0.39 is 0 Å². The molecule has 5 heteroatoms. The Kier molecular flexibility index (Phi) is 5.84. The second-order valence-corrected chi connectivity index (χ2v) is 7.08. The zero-order chi connectivity index (χ0) is 17.8. The third kappa shape index (κ3) is 4.27. The second kappa shape index (κ2) is 8.09. The van der Waals surface area contributed by atoms with Crippen LogP contribution in [-0.4, -0.2) is 62.7 Å². The van der Waals surface area contributed by atoms with Crippen LogP contribution in [0.15, 0.2) is 18.2 Å². The number of piperazine rings is 1. The highest BCUT2D eigenvalue weighted by Gasteiger charge is 2.35. The van der Waals surface area contributed by atoms with Crippen LogP contribution in [0.5, 0.6) is 11.5 Å². The van der Waals surface area contributed by atoms with E-state index in [9.17, 15) is 4.79 Å². The Hall–Kier alpha value is -1.75. The molecule has 1 atom stereocenters. The van der Waals surface area contributed by atoms with Crippen molar-refractivity contribution in [2.45, 2.75) is 32.1 Å². The van der Waals surface area contributed by atoms with Crippen molar-refractivity contribution in [3.05, 3.63) is 23.8 Å². The van der Waals surface area contributed by atoms with Crippen LogP contribution in [0, 0.1) is 5.92 Å². The van der Waals surface area contributed by atoms with Gasteiger partial charge in [0.2, 0.25) is 5.91 Å². The SMILES string of the molecule is CCN1CCN(C(=O)CC(c2ccc(OC)c(OC)c2)C2CC2)CC1. The second-order valence-electron chi connectivity index (χ2n) is 7.08. The van der Waals surface area contributed by atoms with Crippen molar-refractivity contribution >= 4 is 5.91 Å². The lowest BCUT2D eigenvalue weighted by atomic mass is 9.90. The van der Waals surface area contributed by atoms with E-state index in [1.54, 1.807) is 14.2 Å². The van der Waals surface area contributed by atoms with Gasteiger partial charge in [0.25, 0.3) is 0 Å². The zero-order valence-corrected chi connectivity index (χ0v) is 15.7. The van der Waals surface area contributed by atoms with Crippen LogP contribution in [0.25, 0.3) is 0 Å². The van der Waals surface area contributed by atoms with Crippen molar-refractivity contribution in [1.82, 2.24) is 9.80 Å². The lowest BCUT2D eigenvalue weighted by molar-refractivity contribution is -0.133. The minimum Gasteiger partial charge on any atom is -0.493 e. The molecule has 2 fully saturated rings. The molecule has 1 aromatic rings. The van der Waals surface area contributed by atoms with Crippen molar-refractivity contribution in [2.24, 2.45) is 5.92 Å². The highest BCUT2D eigenvalue weighted by Crippen LogP contribution is 2.46. The van der Waals surface area contributed by atoms with Crippen LogP contribution in [0.2, 0.25) is 0 Å². The molecule has 1 unspecified atom stereocenters. The summed E-state index contributed by atoms with van der Waals surface area (Å²) in [6, 6.07) is 6.09. The molecule has 1 amide bonds. The van der Waals surface area contributed by atoms with E-state index >= 15 is 0 Å². The number of nitrogens with zero attached hydrogens (tertiary/aromatic N) is 2. The van der Waals surface area contributed by atoms with Gasteiger partial charge >= 0.3 is 0 Å². The molecule has 0 N–H and O–H groups in total. The van der Waals surface area contributed by atoms with E-state index in [1.807, 2.05) is 17.0 Å². The standard InChI is InChI=1S/C20H30N2O3/c1-4-21-9-11-22(12-10-21)20(23)14-17(15-5-6-15)16-7-8-18(24-2)19(13-16)25-3/h7-8,13,15,17H,4-6,9-12,14H2,1-3H3. The number of carbonyl (C=O) groups is 1. The summed E-state index contributed by atoms with van der Waals surface area (Å²) in [7, 11) is 3.31. The van der Waals surface area contributed by atoms with Crippen LogP contribution < -0.4 is 9.47 Å². The average Bonchev–Trinajstić information content (AvgIpc) is 3.50. The first kappa shape index (κ1) is 18.1. The maximum atomic E-state index is 12.8. The fourth-order valence-electron chi connectivity index (χ4n) is 3.77. The Morgan fingerprint density at radius 3 is 2.36 bits per heavy atom. The molecular formula is C20H30N2O3. The van der Waals surface area contributed by atoms with Gasteiger partial charge in [-0.05, 0) is 48.9 Å². The lowest BCUT2D eigenvalue weighted by Gasteiger charge is -2.35. The van der Waals surface area contributed by atoms with Crippen LogP contribution in [-0.2, 0) is 4.79 Å². The van der Waals surface area contributed by atoms with Gasteiger partial charge in [-0.2, -0.15) is 0 Å². The van der Waals surface area contributed by atoms with Gasteiger partial charge in [-0.15, -0.1) is 0 Å². The summed E-state index contributed by atoms with van der Waals surface area (Å²) in [5, 5.41) is 0. The van der Waals surface area contributed by atoms with Crippen molar-refractivity contribution in [3.8, 4) is 11.5 Å². The van der Waals surface area contributed by atoms with Gasteiger partial charge in [0, 0.05) is 32.6 Å². The Morgan fingerprint density at radius 2 is 1.80 bits per heavy atom. The van der Waals surface area contributed by atoms with Gasteiger partial charge in [-0.1, -0.05) is 13.0 Å². The smallest absolute Gasteiger partial charge is 0.223 e. The normalized spacial score (nSPS) is 19.6. The Morgan fingerprint density at radius 1 is 1.12 bits per heavy atom. The number of hydrogen-bond donors (Lipinski definition) is 0. The number of likely N-dealkylation sites (N-methyl/N-ethyl adjacent to an activating group) is 1. The van der Waals surface area contributed by atoms with Crippen molar-refractivity contribution in [1.29, 1.82) is 0 Å². The molecule has 0 bridgehead atoms. The quantitative estimate of drug-likeness (QED) is 0.761. The Labute approximate surface area is 150 Å². The molecule has 2 aliphatic rings. The molecule has 1 aromatic carbocycles. The highest BCUT2D eigenvalue weighted by atomic mass is 16.5. The molecule has 0 spiro atoms. The molecule has 25 heavy (non-hydrogen) atoms. The molecule has 5 nitrogen and oxygen atoms in total. The molecule has 1 saturated carbocycles. The predicted octanol–water partition coefficient (Wildman–Crippen LogP) is 2.75. The number of benzene rings is 1. The molecule has 138 valence electrons. The van der Waals surface area contributed by atoms with Crippen molar-refractivity contribution in [2.75, 3.05) is 46.9 Å². The number of methoxy groups -OCH3 is 2. The minimum atomic E-state index is 0.288. The number of rotatable bonds is 7. The fraction of sp³-hybridized carbons (Fsp3) is 0.650. The lowest BCUT2D eigenvalue weighted by Crippen LogP contribution is -2.48. The summed E-state index contributed by atoms with van der Waals surface area (Å²) in [6.45, 7) is 6.95. The highest BCUT2D eigenvalue weighted by molar-refractivity contribution is 5.77. The van der Waals surface area contributed by atoms with Crippen LogP contribution in [0.1, 0.15) is 37.7 Å². The third-order valence-electron chi connectivity index (χ3n) is 5.59. The van der Waals surface area contributed by atoms with E-state index in [1.165, 1.54) is 18.4 Å². The van der Waals surface area contributed by atoms with Crippen LogP contribution in [0.4, 0.5) is 0 Å². The van der Waals surface area contributed by atoms with Gasteiger partial charge in [-0.3, -0.25) is 4.79 Å². The number of ether oxygens (including phenoxy) is 2. The number of amides is 1. The third-order valence-corrected chi connectivity index (χ3v) is 5.59.